The van der Waals surface area contributed by atoms with E-state index in [1.165, 1.54) is 0 Å². The van der Waals surface area contributed by atoms with Gasteiger partial charge in [-0.3, -0.25) is 9.78 Å². The van der Waals surface area contributed by atoms with E-state index >= 15 is 0 Å². The number of aromatic nitrogens is 3. The van der Waals surface area contributed by atoms with Crippen LogP contribution >= 0.6 is 0 Å². The number of hydrogen-bond donors (Lipinski definition) is 0. The predicted molar refractivity (Wildman–Crippen MR) is 93.3 cm³/mol. The van der Waals surface area contributed by atoms with E-state index in [-0.39, 0.29) is 23.1 Å². The molecule has 2 aliphatic rings. The topological polar surface area (TPSA) is 77.4 Å². The predicted octanol–water partition coefficient (Wildman–Crippen LogP) is 1.49. The summed E-state index contributed by atoms with van der Waals surface area (Å²) in [5, 5.41) is 0. The zero-order valence-corrected chi connectivity index (χ0v) is 14.8. The highest BCUT2D eigenvalue weighted by molar-refractivity contribution is 5.90. The smallest absolute Gasteiger partial charge is 0.291 e. The summed E-state index contributed by atoms with van der Waals surface area (Å²) in [5.41, 5.74) is 1.74. The molecule has 2 atom stereocenters. The molecule has 2 saturated heterocycles. The molecule has 7 nitrogen and oxygen atoms in total. The molecule has 0 N–H and O–H groups in total. The van der Waals surface area contributed by atoms with E-state index in [9.17, 15) is 4.79 Å². The number of rotatable bonds is 5. The summed E-state index contributed by atoms with van der Waals surface area (Å²) < 4.78 is 11.7. The first-order valence-corrected chi connectivity index (χ1v) is 8.81. The van der Waals surface area contributed by atoms with Crippen LogP contribution in [0, 0.1) is 18.3 Å². The third-order valence-corrected chi connectivity index (χ3v) is 5.15. The molecule has 0 aromatic carbocycles. The fourth-order valence-corrected chi connectivity index (χ4v) is 3.78. The van der Waals surface area contributed by atoms with Crippen molar-refractivity contribution in [3.63, 3.8) is 0 Å². The molecule has 0 bridgehead atoms. The normalized spacial score (nSPS) is 24.7. The van der Waals surface area contributed by atoms with Gasteiger partial charge in [-0.2, -0.15) is 0 Å². The van der Waals surface area contributed by atoms with E-state index < -0.39 is 0 Å². The van der Waals surface area contributed by atoms with Crippen molar-refractivity contribution >= 4 is 5.91 Å². The lowest BCUT2D eigenvalue weighted by Crippen LogP contribution is -2.37. The van der Waals surface area contributed by atoms with Crippen LogP contribution < -0.4 is 0 Å². The molecule has 136 valence electrons. The van der Waals surface area contributed by atoms with E-state index in [2.05, 4.69) is 15.0 Å². The van der Waals surface area contributed by atoms with Gasteiger partial charge < -0.3 is 14.4 Å². The van der Waals surface area contributed by atoms with Gasteiger partial charge in [0.25, 0.3) is 5.91 Å². The average Bonchev–Trinajstić information content (AvgIpc) is 3.19. The van der Waals surface area contributed by atoms with Gasteiger partial charge in [-0.25, -0.2) is 9.97 Å². The van der Waals surface area contributed by atoms with Crippen molar-refractivity contribution in [2.24, 2.45) is 11.3 Å². The van der Waals surface area contributed by atoms with Crippen molar-refractivity contribution < 1.29 is 14.3 Å². The Morgan fingerprint density at radius 1 is 1.35 bits per heavy atom. The van der Waals surface area contributed by atoms with Gasteiger partial charge in [-0.1, -0.05) is 6.07 Å². The summed E-state index contributed by atoms with van der Waals surface area (Å²) in [6, 6.07) is 7.62. The number of hydrogen-bond acceptors (Lipinski definition) is 6. The van der Waals surface area contributed by atoms with Crippen molar-refractivity contribution in [2.75, 3.05) is 32.9 Å². The van der Waals surface area contributed by atoms with Gasteiger partial charge in [-0.15, -0.1) is 0 Å². The second kappa shape index (κ2) is 7.09. The number of carbonyl (C=O) groups excluding carboxylic acids is 1. The maximum absolute atomic E-state index is 12.7. The second-order valence-corrected chi connectivity index (χ2v) is 7.10. The summed E-state index contributed by atoms with van der Waals surface area (Å²) >= 11 is 0. The van der Waals surface area contributed by atoms with Gasteiger partial charge in [0.15, 0.2) is 0 Å². The lowest BCUT2D eigenvalue weighted by molar-refractivity contribution is 0.0173. The molecule has 7 heteroatoms. The van der Waals surface area contributed by atoms with Crippen molar-refractivity contribution in [3.8, 4) is 0 Å². The van der Waals surface area contributed by atoms with E-state index in [1.54, 1.807) is 18.5 Å². The summed E-state index contributed by atoms with van der Waals surface area (Å²) in [7, 11) is 0. The Morgan fingerprint density at radius 2 is 2.19 bits per heavy atom. The number of aryl methyl sites for hydroxylation is 1. The Morgan fingerprint density at radius 3 is 3.00 bits per heavy atom. The zero-order chi connectivity index (χ0) is 18.0. The summed E-state index contributed by atoms with van der Waals surface area (Å²) in [6.45, 7) is 5.51. The molecule has 26 heavy (non-hydrogen) atoms. The monoisotopic (exact) mass is 354 g/mol. The molecule has 0 radical (unpaired) electrons. The lowest BCUT2D eigenvalue weighted by Gasteiger charge is -2.26. The third kappa shape index (κ3) is 3.32. The van der Waals surface area contributed by atoms with Crippen molar-refractivity contribution in [2.45, 2.75) is 13.5 Å². The quantitative estimate of drug-likeness (QED) is 0.809. The van der Waals surface area contributed by atoms with Crippen LogP contribution in [0.3, 0.4) is 0 Å². The van der Waals surface area contributed by atoms with Gasteiger partial charge >= 0.3 is 0 Å². The molecular weight excluding hydrogens is 332 g/mol. The fourth-order valence-electron chi connectivity index (χ4n) is 3.78. The maximum Gasteiger partial charge on any atom is 0.291 e. The maximum atomic E-state index is 12.7. The molecule has 0 aliphatic carbocycles. The minimum Gasteiger partial charge on any atom is -0.380 e. The lowest BCUT2D eigenvalue weighted by atomic mass is 9.82. The average molecular weight is 354 g/mol. The molecule has 4 heterocycles. The highest BCUT2D eigenvalue weighted by Gasteiger charge is 2.52. The van der Waals surface area contributed by atoms with Crippen molar-refractivity contribution in [3.05, 3.63) is 53.9 Å². The van der Waals surface area contributed by atoms with E-state index in [0.29, 0.717) is 39.5 Å². The molecule has 0 saturated carbocycles. The number of likely N-dealkylation sites (tertiary alicyclic amines) is 1. The van der Waals surface area contributed by atoms with E-state index in [0.717, 1.165) is 11.4 Å². The van der Waals surface area contributed by atoms with E-state index in [1.807, 2.05) is 30.0 Å². The number of fused-ring (bicyclic) bond motifs is 1. The number of carbonyl (C=O) groups is 1. The highest BCUT2D eigenvalue weighted by Crippen LogP contribution is 2.42. The molecule has 2 aromatic heterocycles. The molecule has 2 fully saturated rings. The zero-order valence-electron chi connectivity index (χ0n) is 14.8. The van der Waals surface area contributed by atoms with Crippen LogP contribution in [0.1, 0.15) is 22.0 Å². The molecule has 0 unspecified atom stereocenters. The molecule has 0 spiro atoms. The minimum absolute atomic E-state index is 0.125. The molecule has 4 rings (SSSR count). The van der Waals surface area contributed by atoms with Crippen LogP contribution in [0.4, 0.5) is 0 Å². The van der Waals surface area contributed by atoms with Crippen LogP contribution in [-0.4, -0.2) is 58.7 Å². The standard InChI is InChI=1S/C19H22N4O3/c1-14-4-2-5-16(22-14)10-26-13-19-11-23(8-15(19)9-25-12-19)18(24)17-20-6-3-7-21-17/h2-7,15H,8-13H2,1H3/t15-,19+/m0/s1. The Labute approximate surface area is 152 Å². The summed E-state index contributed by atoms with van der Waals surface area (Å²) in [4.78, 5) is 27.1. The van der Waals surface area contributed by atoms with Gasteiger partial charge in [0.2, 0.25) is 5.82 Å². The number of ether oxygens (including phenoxy) is 2. The van der Waals surface area contributed by atoms with Crippen LogP contribution in [0.5, 0.6) is 0 Å². The summed E-state index contributed by atoms with van der Waals surface area (Å²) in [6.07, 6.45) is 3.18. The van der Waals surface area contributed by atoms with E-state index in [4.69, 9.17) is 9.47 Å². The second-order valence-electron chi connectivity index (χ2n) is 7.10. The Kier molecular flexibility index (Phi) is 4.65. The summed E-state index contributed by atoms with van der Waals surface area (Å²) in [5.74, 6) is 0.397. The molecule has 2 aromatic rings. The SMILES string of the molecule is Cc1cccc(COC[C@@]23COC[C@@H]2CN(C(=O)c2ncccn2)C3)n1. The Bertz CT molecular complexity index is 785. The fraction of sp³-hybridized carbons (Fsp3) is 0.474. The minimum atomic E-state index is -0.158. The first kappa shape index (κ1) is 17.1. The van der Waals surface area contributed by atoms with Crippen LogP contribution in [0.15, 0.2) is 36.7 Å². The largest absolute Gasteiger partial charge is 0.380 e. The third-order valence-electron chi connectivity index (χ3n) is 5.15. The van der Waals surface area contributed by atoms with Crippen LogP contribution in [0.25, 0.3) is 0 Å². The van der Waals surface area contributed by atoms with Crippen LogP contribution in [-0.2, 0) is 16.1 Å². The number of amides is 1. The first-order valence-electron chi connectivity index (χ1n) is 8.81. The molecular formula is C19H22N4O3. The first-order chi connectivity index (χ1) is 12.7. The Balaban J connectivity index is 1.41. The highest BCUT2D eigenvalue weighted by atomic mass is 16.5. The van der Waals surface area contributed by atoms with Crippen LogP contribution in [0.2, 0.25) is 0 Å². The number of pyridine rings is 1. The van der Waals surface area contributed by atoms with Gasteiger partial charge in [0.05, 0.1) is 32.1 Å². The van der Waals surface area contributed by atoms with Gasteiger partial charge in [0, 0.05) is 42.5 Å². The van der Waals surface area contributed by atoms with Crippen molar-refractivity contribution in [1.29, 1.82) is 0 Å². The number of nitrogens with zero attached hydrogens (tertiary/aromatic N) is 4. The molecule has 1 amide bonds. The molecule has 2 aliphatic heterocycles. The Hall–Kier alpha value is -2.38. The van der Waals surface area contributed by atoms with Gasteiger partial charge in [0.1, 0.15) is 0 Å². The van der Waals surface area contributed by atoms with Crippen molar-refractivity contribution in [1.82, 2.24) is 19.9 Å². The van der Waals surface area contributed by atoms with Gasteiger partial charge in [-0.05, 0) is 25.1 Å².